The minimum Gasteiger partial charge on any atom is -0.315 e. The molecule has 1 heterocycles. The molecule has 3 heteroatoms. The summed E-state index contributed by atoms with van der Waals surface area (Å²) in [5, 5.41) is 9.34. The Balaban J connectivity index is 2.13. The zero-order valence-electron chi connectivity index (χ0n) is 10.9. The molecule has 0 aliphatic carbocycles. The second kappa shape index (κ2) is 5.32. The van der Waals surface area contributed by atoms with Crippen LogP contribution in [0.2, 0.25) is 0 Å². The van der Waals surface area contributed by atoms with E-state index in [2.05, 4.69) is 48.5 Å². The summed E-state index contributed by atoms with van der Waals surface area (Å²) in [5.74, 6) is 0. The van der Waals surface area contributed by atoms with Gasteiger partial charge in [-0.3, -0.25) is 4.68 Å². The van der Waals surface area contributed by atoms with E-state index < -0.39 is 0 Å². The monoisotopic (exact) mass is 231 g/mol. The van der Waals surface area contributed by atoms with Crippen LogP contribution in [-0.4, -0.2) is 22.4 Å². The van der Waals surface area contributed by atoms with E-state index >= 15 is 0 Å². The van der Waals surface area contributed by atoms with E-state index in [0.29, 0.717) is 6.04 Å². The van der Waals surface area contributed by atoms with Crippen LogP contribution in [0.4, 0.5) is 0 Å². The van der Waals surface area contributed by atoms with Gasteiger partial charge in [-0.25, -0.2) is 0 Å². The van der Waals surface area contributed by atoms with E-state index in [1.807, 2.05) is 11.7 Å². The number of para-hydroxylation sites is 1. The molecule has 0 spiro atoms. The molecule has 1 unspecified atom stereocenters. The van der Waals surface area contributed by atoms with Crippen molar-refractivity contribution in [3.8, 4) is 0 Å². The van der Waals surface area contributed by atoms with Gasteiger partial charge in [0.25, 0.3) is 0 Å². The molecule has 0 saturated heterocycles. The lowest BCUT2D eigenvalue weighted by Crippen LogP contribution is -2.25. The lowest BCUT2D eigenvalue weighted by Gasteiger charge is -2.10. The van der Waals surface area contributed by atoms with Crippen LogP contribution in [-0.2, 0) is 13.5 Å². The molecule has 92 valence electrons. The Hall–Kier alpha value is -1.35. The van der Waals surface area contributed by atoms with E-state index in [9.17, 15) is 0 Å². The van der Waals surface area contributed by atoms with E-state index in [1.54, 1.807) is 0 Å². The first-order chi connectivity index (χ1) is 8.22. The third kappa shape index (κ3) is 2.67. The normalized spacial score (nSPS) is 13.1. The molecule has 1 atom stereocenters. The highest BCUT2D eigenvalue weighted by Crippen LogP contribution is 2.18. The van der Waals surface area contributed by atoms with Crippen molar-refractivity contribution < 1.29 is 0 Å². The highest BCUT2D eigenvalue weighted by atomic mass is 15.3. The zero-order valence-corrected chi connectivity index (χ0v) is 10.9. The van der Waals surface area contributed by atoms with Crippen LogP contribution >= 0.6 is 0 Å². The Morgan fingerprint density at radius 1 is 1.35 bits per heavy atom. The predicted molar refractivity (Wildman–Crippen MR) is 72.2 cm³/mol. The Morgan fingerprint density at radius 2 is 2.12 bits per heavy atom. The predicted octanol–water partition coefficient (Wildman–Crippen LogP) is 2.50. The van der Waals surface area contributed by atoms with Crippen LogP contribution in [0.25, 0.3) is 10.9 Å². The van der Waals surface area contributed by atoms with Gasteiger partial charge in [0.2, 0.25) is 0 Å². The molecule has 0 saturated carbocycles. The van der Waals surface area contributed by atoms with Crippen LogP contribution in [0.15, 0.2) is 24.3 Å². The quantitative estimate of drug-likeness (QED) is 0.857. The summed E-state index contributed by atoms with van der Waals surface area (Å²) in [7, 11) is 2.01. The van der Waals surface area contributed by atoms with Crippen molar-refractivity contribution in [3.63, 3.8) is 0 Å². The smallest absolute Gasteiger partial charge is 0.0703 e. The second-order valence-electron chi connectivity index (χ2n) is 4.58. The standard InChI is InChI=1S/C14H21N3/c1-4-15-11(2)9-10-13-12-7-5-6-8-14(12)17(3)16-13/h5-8,11,15H,4,9-10H2,1-3H3. The molecular weight excluding hydrogens is 210 g/mol. The van der Waals surface area contributed by atoms with Gasteiger partial charge in [0.1, 0.15) is 0 Å². The summed E-state index contributed by atoms with van der Waals surface area (Å²) < 4.78 is 1.97. The lowest BCUT2D eigenvalue weighted by molar-refractivity contribution is 0.526. The van der Waals surface area contributed by atoms with Gasteiger partial charge >= 0.3 is 0 Å². The molecule has 0 aliphatic rings. The van der Waals surface area contributed by atoms with Crippen LogP contribution < -0.4 is 5.32 Å². The highest BCUT2D eigenvalue weighted by Gasteiger charge is 2.09. The summed E-state index contributed by atoms with van der Waals surface area (Å²) >= 11 is 0. The average molecular weight is 231 g/mol. The number of hydrogen-bond acceptors (Lipinski definition) is 2. The molecule has 2 aromatic rings. The molecular formula is C14H21N3. The average Bonchev–Trinajstić information content (AvgIpc) is 2.65. The van der Waals surface area contributed by atoms with Gasteiger partial charge in [-0.2, -0.15) is 5.10 Å². The number of nitrogens with zero attached hydrogens (tertiary/aromatic N) is 2. The van der Waals surface area contributed by atoms with Crippen molar-refractivity contribution in [2.75, 3.05) is 6.54 Å². The number of rotatable bonds is 5. The largest absolute Gasteiger partial charge is 0.315 e. The summed E-state index contributed by atoms with van der Waals surface area (Å²) in [5.41, 5.74) is 2.44. The maximum Gasteiger partial charge on any atom is 0.0703 e. The maximum absolute atomic E-state index is 4.61. The molecule has 1 aromatic heterocycles. The van der Waals surface area contributed by atoms with Gasteiger partial charge < -0.3 is 5.32 Å². The van der Waals surface area contributed by atoms with Gasteiger partial charge in [0, 0.05) is 18.5 Å². The van der Waals surface area contributed by atoms with Crippen LogP contribution in [0, 0.1) is 0 Å². The minimum absolute atomic E-state index is 0.556. The summed E-state index contributed by atoms with van der Waals surface area (Å²) in [6, 6.07) is 8.99. The van der Waals surface area contributed by atoms with E-state index in [1.165, 1.54) is 16.6 Å². The molecule has 2 rings (SSSR count). The molecule has 17 heavy (non-hydrogen) atoms. The fourth-order valence-corrected chi connectivity index (χ4v) is 2.28. The van der Waals surface area contributed by atoms with Crippen LogP contribution in [0.5, 0.6) is 0 Å². The lowest BCUT2D eigenvalue weighted by atomic mass is 10.1. The van der Waals surface area contributed by atoms with Crippen molar-refractivity contribution in [3.05, 3.63) is 30.0 Å². The number of aromatic nitrogens is 2. The molecule has 0 amide bonds. The number of benzene rings is 1. The van der Waals surface area contributed by atoms with Gasteiger partial charge in [0.05, 0.1) is 11.2 Å². The van der Waals surface area contributed by atoms with Gasteiger partial charge in [-0.05, 0) is 32.4 Å². The van der Waals surface area contributed by atoms with Crippen molar-refractivity contribution in [1.29, 1.82) is 0 Å². The third-order valence-corrected chi connectivity index (χ3v) is 3.20. The first kappa shape index (κ1) is 12.1. The molecule has 3 nitrogen and oxygen atoms in total. The van der Waals surface area contributed by atoms with E-state index in [4.69, 9.17) is 0 Å². The second-order valence-corrected chi connectivity index (χ2v) is 4.58. The Morgan fingerprint density at radius 3 is 2.88 bits per heavy atom. The first-order valence-corrected chi connectivity index (χ1v) is 6.36. The third-order valence-electron chi connectivity index (χ3n) is 3.20. The van der Waals surface area contributed by atoms with Crippen LogP contribution in [0.1, 0.15) is 26.0 Å². The molecule has 1 aromatic carbocycles. The molecule has 0 aliphatic heterocycles. The number of hydrogen-bond donors (Lipinski definition) is 1. The summed E-state index contributed by atoms with van der Waals surface area (Å²) in [6.45, 7) is 5.41. The molecule has 0 bridgehead atoms. The fraction of sp³-hybridized carbons (Fsp3) is 0.500. The number of fused-ring (bicyclic) bond motifs is 1. The molecule has 1 N–H and O–H groups in total. The van der Waals surface area contributed by atoms with Crippen molar-refractivity contribution in [2.24, 2.45) is 7.05 Å². The maximum atomic E-state index is 4.61. The SMILES string of the molecule is CCNC(C)CCc1nn(C)c2ccccc12. The fourth-order valence-electron chi connectivity index (χ4n) is 2.28. The Bertz CT molecular complexity index is 487. The summed E-state index contributed by atoms with van der Waals surface area (Å²) in [4.78, 5) is 0. The van der Waals surface area contributed by atoms with Gasteiger partial charge in [0.15, 0.2) is 0 Å². The topological polar surface area (TPSA) is 29.9 Å². The van der Waals surface area contributed by atoms with E-state index in [-0.39, 0.29) is 0 Å². The van der Waals surface area contributed by atoms with Gasteiger partial charge in [-0.1, -0.05) is 25.1 Å². The summed E-state index contributed by atoms with van der Waals surface area (Å²) in [6.07, 6.45) is 2.17. The van der Waals surface area contributed by atoms with Crippen molar-refractivity contribution in [1.82, 2.24) is 15.1 Å². The number of nitrogens with one attached hydrogen (secondary N) is 1. The van der Waals surface area contributed by atoms with Crippen molar-refractivity contribution in [2.45, 2.75) is 32.7 Å². The number of aryl methyl sites for hydroxylation is 2. The molecule has 0 fully saturated rings. The van der Waals surface area contributed by atoms with Crippen LogP contribution in [0.3, 0.4) is 0 Å². The van der Waals surface area contributed by atoms with E-state index in [0.717, 1.165) is 19.4 Å². The Kier molecular flexibility index (Phi) is 3.79. The Labute approximate surface area is 103 Å². The highest BCUT2D eigenvalue weighted by molar-refractivity contribution is 5.81. The minimum atomic E-state index is 0.556. The molecule has 0 radical (unpaired) electrons. The first-order valence-electron chi connectivity index (χ1n) is 6.36. The van der Waals surface area contributed by atoms with Gasteiger partial charge in [-0.15, -0.1) is 0 Å². The zero-order chi connectivity index (χ0) is 12.3. The van der Waals surface area contributed by atoms with Crippen molar-refractivity contribution >= 4 is 10.9 Å².